The lowest BCUT2D eigenvalue weighted by Crippen LogP contribution is -2.32. The zero-order valence-corrected chi connectivity index (χ0v) is 11.2. The largest absolute Gasteiger partial charge is 0.388 e. The molecule has 1 aliphatic rings. The molecule has 2 rings (SSSR count). The van der Waals surface area contributed by atoms with E-state index in [0.29, 0.717) is 12.8 Å². The summed E-state index contributed by atoms with van der Waals surface area (Å²) >= 11 is 4.91. The van der Waals surface area contributed by atoms with E-state index in [0.717, 1.165) is 9.35 Å². The highest BCUT2D eigenvalue weighted by atomic mass is 79.9. The summed E-state index contributed by atoms with van der Waals surface area (Å²) in [5, 5.41) is 12.1. The van der Waals surface area contributed by atoms with E-state index >= 15 is 0 Å². The molecule has 1 unspecified atom stereocenters. The number of sulfone groups is 1. The molecule has 15 heavy (non-hydrogen) atoms. The molecule has 0 aromatic carbocycles. The van der Waals surface area contributed by atoms with Crippen LogP contribution in [-0.2, 0) is 16.3 Å². The summed E-state index contributed by atoms with van der Waals surface area (Å²) in [7, 11) is -3.03. The molecule has 1 atom stereocenters. The summed E-state index contributed by atoms with van der Waals surface area (Å²) in [5.41, 5.74) is -1.06. The van der Waals surface area contributed by atoms with Gasteiger partial charge in [-0.1, -0.05) is 0 Å². The molecule has 84 valence electrons. The number of hydrogen-bond donors (Lipinski definition) is 1. The van der Waals surface area contributed by atoms with Crippen LogP contribution in [0.25, 0.3) is 0 Å². The van der Waals surface area contributed by atoms with Gasteiger partial charge in [0.2, 0.25) is 0 Å². The minimum absolute atomic E-state index is 0.104. The first kappa shape index (κ1) is 11.6. The second-order valence-corrected chi connectivity index (χ2v) is 7.97. The van der Waals surface area contributed by atoms with Crippen LogP contribution in [-0.4, -0.2) is 30.6 Å². The summed E-state index contributed by atoms with van der Waals surface area (Å²) in [4.78, 5) is 1.01. The average molecular weight is 311 g/mol. The van der Waals surface area contributed by atoms with Crippen molar-refractivity contribution in [3.63, 3.8) is 0 Å². The molecule has 3 nitrogen and oxygen atoms in total. The third-order valence-electron chi connectivity index (χ3n) is 2.55. The standard InChI is InChI=1S/C9H11BrO3S2/c10-7-1-3-14-8(7)5-9(11)2-4-15(12,13)6-9/h1,3,11H,2,4-6H2. The van der Waals surface area contributed by atoms with Crippen LogP contribution in [0.5, 0.6) is 0 Å². The van der Waals surface area contributed by atoms with Crippen molar-refractivity contribution in [1.82, 2.24) is 0 Å². The maximum Gasteiger partial charge on any atom is 0.153 e. The van der Waals surface area contributed by atoms with Crippen molar-refractivity contribution in [1.29, 1.82) is 0 Å². The zero-order valence-electron chi connectivity index (χ0n) is 7.94. The predicted octanol–water partition coefficient (Wildman–Crippen LogP) is 1.60. The van der Waals surface area contributed by atoms with E-state index in [2.05, 4.69) is 15.9 Å². The van der Waals surface area contributed by atoms with Crippen molar-refractivity contribution in [2.24, 2.45) is 0 Å². The monoisotopic (exact) mass is 310 g/mol. The number of halogens is 1. The van der Waals surface area contributed by atoms with Gasteiger partial charge in [-0.2, -0.15) is 0 Å². The molecule has 2 heterocycles. The van der Waals surface area contributed by atoms with Crippen LogP contribution in [0.15, 0.2) is 15.9 Å². The first-order valence-electron chi connectivity index (χ1n) is 4.55. The molecule has 0 bridgehead atoms. The molecule has 1 aliphatic heterocycles. The van der Waals surface area contributed by atoms with Gasteiger partial charge in [0.1, 0.15) is 0 Å². The molecule has 0 amide bonds. The number of hydrogen-bond acceptors (Lipinski definition) is 4. The average Bonchev–Trinajstić information content (AvgIpc) is 2.59. The summed E-state index contributed by atoms with van der Waals surface area (Å²) in [6, 6.07) is 1.91. The third kappa shape index (κ3) is 2.61. The Balaban J connectivity index is 2.17. The van der Waals surface area contributed by atoms with Crippen LogP contribution in [0.2, 0.25) is 0 Å². The maximum absolute atomic E-state index is 11.3. The Morgan fingerprint density at radius 1 is 1.60 bits per heavy atom. The summed E-state index contributed by atoms with van der Waals surface area (Å²) in [5.74, 6) is -0.00314. The molecule has 1 aromatic rings. The van der Waals surface area contributed by atoms with Crippen molar-refractivity contribution in [3.05, 3.63) is 20.8 Å². The number of rotatable bonds is 2. The van der Waals surface area contributed by atoms with Crippen LogP contribution in [0, 0.1) is 0 Å². The number of aliphatic hydroxyl groups is 1. The van der Waals surface area contributed by atoms with Gasteiger partial charge < -0.3 is 5.11 Å². The zero-order chi connectivity index (χ0) is 11.1. The van der Waals surface area contributed by atoms with E-state index < -0.39 is 15.4 Å². The summed E-state index contributed by atoms with van der Waals surface area (Å²) < 4.78 is 23.5. The Morgan fingerprint density at radius 3 is 2.80 bits per heavy atom. The van der Waals surface area contributed by atoms with Crippen molar-refractivity contribution in [3.8, 4) is 0 Å². The van der Waals surface area contributed by atoms with E-state index in [1.807, 2.05) is 11.4 Å². The predicted molar refractivity (Wildman–Crippen MR) is 63.9 cm³/mol. The lowest BCUT2D eigenvalue weighted by Gasteiger charge is -2.19. The van der Waals surface area contributed by atoms with E-state index in [1.165, 1.54) is 11.3 Å². The van der Waals surface area contributed by atoms with Gasteiger partial charge in [0.25, 0.3) is 0 Å². The van der Waals surface area contributed by atoms with E-state index in [4.69, 9.17) is 0 Å². The third-order valence-corrected chi connectivity index (χ3v) is 6.28. The first-order chi connectivity index (χ1) is 6.90. The fourth-order valence-corrected chi connectivity index (χ4v) is 5.32. The minimum Gasteiger partial charge on any atom is -0.388 e. The highest BCUT2D eigenvalue weighted by Crippen LogP contribution is 2.32. The summed E-state index contributed by atoms with van der Waals surface area (Å²) in [6.07, 6.45) is 0.768. The normalized spacial score (nSPS) is 29.5. The molecule has 0 spiro atoms. The first-order valence-corrected chi connectivity index (χ1v) is 8.04. The van der Waals surface area contributed by atoms with Gasteiger partial charge >= 0.3 is 0 Å². The van der Waals surface area contributed by atoms with Crippen molar-refractivity contribution < 1.29 is 13.5 Å². The van der Waals surface area contributed by atoms with Crippen molar-refractivity contribution >= 4 is 37.1 Å². The lowest BCUT2D eigenvalue weighted by molar-refractivity contribution is 0.0689. The second-order valence-electron chi connectivity index (χ2n) is 3.93. The van der Waals surface area contributed by atoms with Crippen molar-refractivity contribution in [2.75, 3.05) is 11.5 Å². The maximum atomic E-state index is 11.3. The fourth-order valence-electron chi connectivity index (χ4n) is 1.79. The van der Waals surface area contributed by atoms with Gasteiger partial charge in [0.15, 0.2) is 9.84 Å². The van der Waals surface area contributed by atoms with Gasteiger partial charge in [0.05, 0.1) is 17.1 Å². The Bertz CT molecular complexity index is 465. The second kappa shape index (κ2) is 3.84. The molecule has 0 saturated carbocycles. The van der Waals surface area contributed by atoms with E-state index in [-0.39, 0.29) is 11.5 Å². The molecule has 1 aromatic heterocycles. The highest BCUT2D eigenvalue weighted by Gasteiger charge is 2.41. The minimum atomic E-state index is -3.03. The van der Waals surface area contributed by atoms with Gasteiger partial charge in [-0.25, -0.2) is 8.42 Å². The smallest absolute Gasteiger partial charge is 0.153 e. The van der Waals surface area contributed by atoms with Crippen molar-refractivity contribution in [2.45, 2.75) is 18.4 Å². The van der Waals surface area contributed by atoms with Crippen LogP contribution in [0.3, 0.4) is 0 Å². The SMILES string of the molecule is O=S1(=O)CCC(O)(Cc2sccc2Br)C1. The molecule has 1 fully saturated rings. The number of thiophene rings is 1. The van der Waals surface area contributed by atoms with Gasteiger partial charge in [-0.15, -0.1) is 11.3 Å². The van der Waals surface area contributed by atoms with Gasteiger partial charge in [-0.05, 0) is 33.8 Å². The Kier molecular flexibility index (Phi) is 2.96. The lowest BCUT2D eigenvalue weighted by atomic mass is 9.98. The molecule has 6 heteroatoms. The van der Waals surface area contributed by atoms with E-state index in [1.54, 1.807) is 0 Å². The van der Waals surface area contributed by atoms with Gasteiger partial charge in [0, 0.05) is 15.8 Å². The molecular formula is C9H11BrO3S2. The topological polar surface area (TPSA) is 54.4 Å². The van der Waals surface area contributed by atoms with E-state index in [9.17, 15) is 13.5 Å². The quantitative estimate of drug-likeness (QED) is 0.903. The highest BCUT2D eigenvalue weighted by molar-refractivity contribution is 9.10. The Morgan fingerprint density at radius 2 is 2.33 bits per heavy atom. The van der Waals surface area contributed by atoms with Crippen LogP contribution < -0.4 is 0 Å². The fraction of sp³-hybridized carbons (Fsp3) is 0.556. The summed E-state index contributed by atoms with van der Waals surface area (Å²) in [6.45, 7) is 0. The van der Waals surface area contributed by atoms with Crippen LogP contribution in [0.4, 0.5) is 0 Å². The molecule has 0 aliphatic carbocycles. The molecule has 1 saturated heterocycles. The Hall–Kier alpha value is 0.0900. The van der Waals surface area contributed by atoms with Crippen LogP contribution >= 0.6 is 27.3 Å². The molecular weight excluding hydrogens is 300 g/mol. The molecule has 0 radical (unpaired) electrons. The van der Waals surface area contributed by atoms with Gasteiger partial charge in [-0.3, -0.25) is 0 Å². The Labute approximate surface area is 101 Å². The molecule has 1 N–H and O–H groups in total. The van der Waals surface area contributed by atoms with Crippen LogP contribution in [0.1, 0.15) is 11.3 Å².